The first-order chi connectivity index (χ1) is 8.82. The second kappa shape index (κ2) is 6.66. The Balaban J connectivity index is 2.97. The van der Waals surface area contributed by atoms with E-state index in [0.29, 0.717) is 17.0 Å². The van der Waals surface area contributed by atoms with Crippen molar-refractivity contribution in [3.63, 3.8) is 0 Å². The molecule has 1 rings (SSSR count). The number of nitrogens with one attached hydrogen (secondary N) is 1. The molecule has 0 aliphatic heterocycles. The third kappa shape index (κ3) is 4.73. The standard InChI is InChI=1S/C14H23NO2S2/c1-5-10-19(16,17)13-9-7-6-8-12(13)15-11-14(2,3)18-4/h6-9,15H,5,10-11H2,1-4H3. The summed E-state index contributed by atoms with van der Waals surface area (Å²) in [4.78, 5) is 0.411. The van der Waals surface area contributed by atoms with E-state index in [1.54, 1.807) is 23.9 Å². The van der Waals surface area contributed by atoms with Crippen molar-refractivity contribution in [1.82, 2.24) is 0 Å². The lowest BCUT2D eigenvalue weighted by Crippen LogP contribution is -2.26. The Kier molecular flexibility index (Phi) is 5.74. The fraction of sp³-hybridized carbons (Fsp3) is 0.571. The van der Waals surface area contributed by atoms with E-state index in [1.807, 2.05) is 19.1 Å². The van der Waals surface area contributed by atoms with Crippen molar-refractivity contribution in [2.45, 2.75) is 36.8 Å². The summed E-state index contributed by atoms with van der Waals surface area (Å²) in [5.74, 6) is 0.192. The summed E-state index contributed by atoms with van der Waals surface area (Å²) in [5, 5.41) is 3.27. The summed E-state index contributed by atoms with van der Waals surface area (Å²) >= 11 is 1.76. The molecule has 0 radical (unpaired) electrons. The number of para-hydroxylation sites is 1. The fourth-order valence-corrected chi connectivity index (χ4v) is 3.38. The molecule has 1 aromatic rings. The van der Waals surface area contributed by atoms with Crippen LogP contribution in [0.15, 0.2) is 29.2 Å². The maximum absolute atomic E-state index is 12.2. The summed E-state index contributed by atoms with van der Waals surface area (Å²) in [6, 6.07) is 7.14. The molecular formula is C14H23NO2S2. The lowest BCUT2D eigenvalue weighted by Gasteiger charge is -2.23. The third-order valence-corrected chi connectivity index (χ3v) is 6.17. The third-order valence-electron chi connectivity index (χ3n) is 2.95. The van der Waals surface area contributed by atoms with E-state index >= 15 is 0 Å². The molecule has 0 saturated carbocycles. The van der Waals surface area contributed by atoms with Crippen molar-refractivity contribution in [2.24, 2.45) is 0 Å². The second-order valence-electron chi connectivity index (χ2n) is 5.13. The molecule has 0 atom stereocenters. The van der Waals surface area contributed by atoms with Gasteiger partial charge in [0.25, 0.3) is 0 Å². The number of thioether (sulfide) groups is 1. The maximum atomic E-state index is 12.2. The maximum Gasteiger partial charge on any atom is 0.180 e. The van der Waals surface area contributed by atoms with Gasteiger partial charge in [0, 0.05) is 11.3 Å². The molecule has 0 bridgehead atoms. The summed E-state index contributed by atoms with van der Waals surface area (Å²) < 4.78 is 24.5. The lowest BCUT2D eigenvalue weighted by atomic mass is 10.2. The molecule has 0 unspecified atom stereocenters. The zero-order valence-electron chi connectivity index (χ0n) is 12.1. The zero-order valence-corrected chi connectivity index (χ0v) is 13.7. The molecule has 0 fully saturated rings. The number of benzene rings is 1. The van der Waals surface area contributed by atoms with E-state index in [2.05, 4.69) is 25.4 Å². The van der Waals surface area contributed by atoms with Gasteiger partial charge in [-0.25, -0.2) is 8.42 Å². The van der Waals surface area contributed by atoms with Gasteiger partial charge in [0.2, 0.25) is 0 Å². The smallest absolute Gasteiger partial charge is 0.180 e. The highest BCUT2D eigenvalue weighted by atomic mass is 32.2. The number of hydrogen-bond donors (Lipinski definition) is 1. The van der Waals surface area contributed by atoms with Gasteiger partial charge in [0.1, 0.15) is 0 Å². The quantitative estimate of drug-likeness (QED) is 0.838. The predicted molar refractivity (Wildman–Crippen MR) is 84.9 cm³/mol. The molecule has 0 amide bonds. The van der Waals surface area contributed by atoms with Crippen LogP contribution in [0, 0.1) is 0 Å². The van der Waals surface area contributed by atoms with Crippen LogP contribution in [0.2, 0.25) is 0 Å². The molecule has 0 heterocycles. The molecule has 0 aliphatic carbocycles. The Morgan fingerprint density at radius 1 is 1.26 bits per heavy atom. The summed E-state index contributed by atoms with van der Waals surface area (Å²) in [7, 11) is -3.18. The Bertz CT molecular complexity index is 510. The van der Waals surface area contributed by atoms with Crippen molar-refractivity contribution in [1.29, 1.82) is 0 Å². The van der Waals surface area contributed by atoms with Crippen molar-refractivity contribution < 1.29 is 8.42 Å². The summed E-state index contributed by atoms with van der Waals surface area (Å²) in [6.45, 7) is 6.87. The van der Waals surface area contributed by atoms with Gasteiger partial charge in [-0.2, -0.15) is 11.8 Å². The molecule has 1 N–H and O–H groups in total. The van der Waals surface area contributed by atoms with Crippen LogP contribution < -0.4 is 5.32 Å². The molecule has 0 aliphatic rings. The highest BCUT2D eigenvalue weighted by molar-refractivity contribution is 8.00. The van der Waals surface area contributed by atoms with Crippen LogP contribution in [-0.2, 0) is 9.84 Å². The van der Waals surface area contributed by atoms with Crippen LogP contribution in [0.3, 0.4) is 0 Å². The first-order valence-electron chi connectivity index (χ1n) is 6.43. The molecule has 19 heavy (non-hydrogen) atoms. The lowest BCUT2D eigenvalue weighted by molar-refractivity contribution is 0.595. The van der Waals surface area contributed by atoms with Gasteiger partial charge in [-0.3, -0.25) is 0 Å². The first kappa shape index (κ1) is 16.4. The minimum atomic E-state index is -3.18. The molecule has 0 aromatic heterocycles. The molecule has 0 spiro atoms. The number of anilines is 1. The van der Waals surface area contributed by atoms with Gasteiger partial charge >= 0.3 is 0 Å². The van der Waals surface area contributed by atoms with Crippen LogP contribution in [0.4, 0.5) is 5.69 Å². The van der Waals surface area contributed by atoms with Crippen molar-refractivity contribution >= 4 is 27.3 Å². The average molecular weight is 301 g/mol. The molecular weight excluding hydrogens is 278 g/mol. The topological polar surface area (TPSA) is 46.2 Å². The number of sulfone groups is 1. The Morgan fingerprint density at radius 2 is 1.89 bits per heavy atom. The molecule has 108 valence electrons. The van der Waals surface area contributed by atoms with Crippen LogP contribution in [0.1, 0.15) is 27.2 Å². The van der Waals surface area contributed by atoms with E-state index in [0.717, 1.165) is 6.54 Å². The van der Waals surface area contributed by atoms with E-state index < -0.39 is 9.84 Å². The van der Waals surface area contributed by atoms with Gasteiger partial charge < -0.3 is 5.32 Å². The van der Waals surface area contributed by atoms with Gasteiger partial charge in [0.05, 0.1) is 16.3 Å². The SMILES string of the molecule is CCCS(=O)(=O)c1ccccc1NCC(C)(C)SC. The number of rotatable bonds is 7. The van der Waals surface area contributed by atoms with Crippen LogP contribution in [-0.4, -0.2) is 31.7 Å². The second-order valence-corrected chi connectivity index (χ2v) is 8.72. The molecule has 3 nitrogen and oxygen atoms in total. The molecule has 0 saturated heterocycles. The Labute approximate surface area is 121 Å². The van der Waals surface area contributed by atoms with Crippen LogP contribution in [0.25, 0.3) is 0 Å². The van der Waals surface area contributed by atoms with Crippen LogP contribution >= 0.6 is 11.8 Å². The van der Waals surface area contributed by atoms with Gasteiger partial charge in [0.15, 0.2) is 9.84 Å². The zero-order chi connectivity index (χ0) is 14.5. The van der Waals surface area contributed by atoms with Crippen molar-refractivity contribution in [3.8, 4) is 0 Å². The highest BCUT2D eigenvalue weighted by Gasteiger charge is 2.20. The van der Waals surface area contributed by atoms with Crippen molar-refractivity contribution in [2.75, 3.05) is 23.9 Å². The van der Waals surface area contributed by atoms with E-state index in [1.165, 1.54) is 0 Å². The summed E-state index contributed by atoms with van der Waals surface area (Å²) in [5.41, 5.74) is 0.707. The largest absolute Gasteiger partial charge is 0.383 e. The Morgan fingerprint density at radius 3 is 2.47 bits per heavy atom. The predicted octanol–water partition coefficient (Wildman–Crippen LogP) is 3.42. The van der Waals surface area contributed by atoms with Crippen molar-refractivity contribution in [3.05, 3.63) is 24.3 Å². The van der Waals surface area contributed by atoms with Gasteiger partial charge in [-0.05, 0) is 38.7 Å². The first-order valence-corrected chi connectivity index (χ1v) is 9.31. The fourth-order valence-electron chi connectivity index (χ4n) is 1.64. The number of hydrogen-bond acceptors (Lipinski definition) is 4. The monoisotopic (exact) mass is 301 g/mol. The summed E-state index contributed by atoms with van der Waals surface area (Å²) in [6.07, 6.45) is 2.69. The van der Waals surface area contributed by atoms with E-state index in [9.17, 15) is 8.42 Å². The minimum absolute atomic E-state index is 0.0711. The van der Waals surface area contributed by atoms with Gasteiger partial charge in [-0.15, -0.1) is 0 Å². The average Bonchev–Trinajstić information content (AvgIpc) is 2.37. The molecule has 5 heteroatoms. The minimum Gasteiger partial charge on any atom is -0.383 e. The van der Waals surface area contributed by atoms with E-state index in [-0.39, 0.29) is 10.5 Å². The van der Waals surface area contributed by atoms with Gasteiger partial charge in [-0.1, -0.05) is 19.1 Å². The highest BCUT2D eigenvalue weighted by Crippen LogP contribution is 2.26. The Hall–Kier alpha value is -0.680. The van der Waals surface area contributed by atoms with E-state index in [4.69, 9.17) is 0 Å². The molecule has 1 aromatic carbocycles. The normalized spacial score (nSPS) is 12.4. The van der Waals surface area contributed by atoms with Crippen LogP contribution in [0.5, 0.6) is 0 Å².